The Morgan fingerprint density at radius 2 is 2.00 bits per heavy atom. The van der Waals surface area contributed by atoms with Crippen molar-refractivity contribution < 1.29 is 4.42 Å². The second kappa shape index (κ2) is 3.79. The molecule has 0 aliphatic rings. The van der Waals surface area contributed by atoms with E-state index in [2.05, 4.69) is 16.7 Å². The predicted molar refractivity (Wildman–Crippen MR) is 68.5 cm³/mol. The number of aryl methyl sites for hydroxylation is 1. The Labute approximate surface area is 99.5 Å². The third kappa shape index (κ3) is 1.40. The van der Waals surface area contributed by atoms with Crippen LogP contribution in [0.2, 0.25) is 0 Å². The summed E-state index contributed by atoms with van der Waals surface area (Å²) in [6.07, 6.45) is 1.69. The van der Waals surface area contributed by atoms with Gasteiger partial charge < -0.3 is 14.7 Å². The molecule has 0 radical (unpaired) electrons. The van der Waals surface area contributed by atoms with Gasteiger partial charge in [-0.15, -0.1) is 0 Å². The molecule has 0 saturated heterocycles. The Hall–Kier alpha value is -2.00. The molecule has 0 aliphatic carbocycles. The lowest BCUT2D eigenvalue weighted by atomic mass is 10.1. The first-order valence-electron chi connectivity index (χ1n) is 5.63. The van der Waals surface area contributed by atoms with Crippen LogP contribution in [0.4, 0.5) is 0 Å². The Balaban J connectivity index is 2.41. The number of aromatic nitrogens is 1. The van der Waals surface area contributed by atoms with Crippen LogP contribution in [0.5, 0.6) is 0 Å². The maximum absolute atomic E-state index is 5.88. The highest BCUT2D eigenvalue weighted by Gasteiger charge is 2.16. The van der Waals surface area contributed by atoms with Crippen LogP contribution in [-0.4, -0.2) is 4.57 Å². The molecule has 0 spiro atoms. The molecular weight excluding hydrogens is 212 g/mol. The van der Waals surface area contributed by atoms with Crippen LogP contribution < -0.4 is 5.73 Å². The highest BCUT2D eigenvalue weighted by Crippen LogP contribution is 2.32. The largest absolute Gasteiger partial charge is 0.463 e. The summed E-state index contributed by atoms with van der Waals surface area (Å²) in [5.74, 6) is 0.865. The number of hydrogen-bond donors (Lipinski definition) is 1. The van der Waals surface area contributed by atoms with E-state index in [1.54, 1.807) is 6.26 Å². The zero-order valence-corrected chi connectivity index (χ0v) is 9.68. The fraction of sp³-hybridized carbons (Fsp3) is 0.143. The molecule has 1 aromatic carbocycles. The quantitative estimate of drug-likeness (QED) is 0.730. The zero-order chi connectivity index (χ0) is 11.8. The maximum Gasteiger partial charge on any atom is 0.150 e. The molecule has 0 fully saturated rings. The van der Waals surface area contributed by atoms with Gasteiger partial charge in [0.25, 0.3) is 0 Å². The van der Waals surface area contributed by atoms with Gasteiger partial charge in [0.2, 0.25) is 0 Å². The van der Waals surface area contributed by atoms with E-state index in [1.165, 1.54) is 10.9 Å². The van der Waals surface area contributed by atoms with Gasteiger partial charge in [0.05, 0.1) is 12.0 Å². The fourth-order valence-corrected chi connectivity index (χ4v) is 2.41. The van der Waals surface area contributed by atoms with Crippen LogP contribution >= 0.6 is 0 Å². The summed E-state index contributed by atoms with van der Waals surface area (Å²) in [7, 11) is 2.04. The van der Waals surface area contributed by atoms with Crippen molar-refractivity contribution >= 4 is 10.9 Å². The van der Waals surface area contributed by atoms with E-state index >= 15 is 0 Å². The molecule has 0 aliphatic heterocycles. The van der Waals surface area contributed by atoms with Crippen LogP contribution in [-0.2, 0) is 13.6 Å². The molecule has 86 valence electrons. The van der Waals surface area contributed by atoms with Gasteiger partial charge in [-0.1, -0.05) is 18.2 Å². The minimum atomic E-state index is 0.511. The van der Waals surface area contributed by atoms with Gasteiger partial charge in [-0.3, -0.25) is 0 Å². The summed E-state index contributed by atoms with van der Waals surface area (Å²) in [6, 6.07) is 12.1. The van der Waals surface area contributed by atoms with E-state index in [0.29, 0.717) is 6.54 Å². The predicted octanol–water partition coefficient (Wildman–Crippen LogP) is 2.90. The first-order valence-corrected chi connectivity index (χ1v) is 5.63. The van der Waals surface area contributed by atoms with Crippen molar-refractivity contribution in [1.82, 2.24) is 4.57 Å². The van der Waals surface area contributed by atoms with Crippen LogP contribution in [0.1, 0.15) is 5.56 Å². The van der Waals surface area contributed by atoms with Gasteiger partial charge in [-0.05, 0) is 18.2 Å². The molecule has 0 atom stereocenters. The molecule has 0 amide bonds. The summed E-state index contributed by atoms with van der Waals surface area (Å²) in [5, 5.41) is 1.20. The molecular formula is C14H14N2O. The number of hydrogen-bond acceptors (Lipinski definition) is 2. The summed E-state index contributed by atoms with van der Waals surface area (Å²) < 4.78 is 7.63. The van der Waals surface area contributed by atoms with Crippen LogP contribution in [0, 0.1) is 0 Å². The van der Waals surface area contributed by atoms with Crippen molar-refractivity contribution in [3.8, 4) is 11.5 Å². The first kappa shape index (κ1) is 10.2. The highest BCUT2D eigenvalue weighted by molar-refractivity contribution is 5.90. The molecule has 0 unspecified atom stereocenters. The minimum Gasteiger partial charge on any atom is -0.463 e. The van der Waals surface area contributed by atoms with E-state index < -0.39 is 0 Å². The number of rotatable bonds is 2. The summed E-state index contributed by atoms with van der Waals surface area (Å²) in [6.45, 7) is 0.511. The molecule has 3 aromatic rings. The van der Waals surface area contributed by atoms with E-state index in [4.69, 9.17) is 10.2 Å². The molecule has 0 bridgehead atoms. The second-order valence-corrected chi connectivity index (χ2v) is 4.08. The Bertz CT molecular complexity index is 650. The van der Waals surface area contributed by atoms with Gasteiger partial charge in [-0.2, -0.15) is 0 Å². The SMILES string of the molecule is Cn1c(-c2ccco2)c(CN)c2ccccc21. The van der Waals surface area contributed by atoms with Gasteiger partial charge in [0, 0.05) is 30.1 Å². The Morgan fingerprint density at radius 3 is 2.71 bits per heavy atom. The molecule has 2 aromatic heterocycles. The molecule has 17 heavy (non-hydrogen) atoms. The van der Waals surface area contributed by atoms with Crippen LogP contribution in [0.25, 0.3) is 22.4 Å². The number of benzene rings is 1. The summed E-state index contributed by atoms with van der Waals surface area (Å²) in [4.78, 5) is 0. The van der Waals surface area contributed by atoms with E-state index in [9.17, 15) is 0 Å². The smallest absolute Gasteiger partial charge is 0.150 e. The van der Waals surface area contributed by atoms with E-state index in [0.717, 1.165) is 17.0 Å². The van der Waals surface area contributed by atoms with Crippen molar-refractivity contribution in [3.05, 3.63) is 48.2 Å². The van der Waals surface area contributed by atoms with Crippen molar-refractivity contribution in [2.45, 2.75) is 6.54 Å². The topological polar surface area (TPSA) is 44.1 Å². The number of fused-ring (bicyclic) bond motifs is 1. The lowest BCUT2D eigenvalue weighted by Gasteiger charge is -2.03. The van der Waals surface area contributed by atoms with Crippen molar-refractivity contribution in [2.75, 3.05) is 0 Å². The van der Waals surface area contributed by atoms with Crippen molar-refractivity contribution in [1.29, 1.82) is 0 Å². The molecule has 3 heteroatoms. The average Bonchev–Trinajstić information content (AvgIpc) is 2.96. The number of furan rings is 1. The normalized spacial score (nSPS) is 11.2. The number of para-hydroxylation sites is 1. The van der Waals surface area contributed by atoms with Crippen molar-refractivity contribution in [2.24, 2.45) is 12.8 Å². The first-order chi connectivity index (χ1) is 8.33. The van der Waals surface area contributed by atoms with Crippen molar-refractivity contribution in [3.63, 3.8) is 0 Å². The number of nitrogens with zero attached hydrogens (tertiary/aromatic N) is 1. The molecule has 0 saturated carbocycles. The second-order valence-electron chi connectivity index (χ2n) is 4.08. The van der Waals surface area contributed by atoms with Crippen LogP contribution in [0.3, 0.4) is 0 Å². The third-order valence-corrected chi connectivity index (χ3v) is 3.17. The minimum absolute atomic E-state index is 0.511. The molecule has 2 N–H and O–H groups in total. The summed E-state index contributed by atoms with van der Waals surface area (Å²) >= 11 is 0. The zero-order valence-electron chi connectivity index (χ0n) is 9.68. The van der Waals surface area contributed by atoms with Gasteiger partial charge in [0.1, 0.15) is 0 Å². The Morgan fingerprint density at radius 1 is 1.18 bits per heavy atom. The molecule has 2 heterocycles. The van der Waals surface area contributed by atoms with Gasteiger partial charge in [0.15, 0.2) is 5.76 Å². The lowest BCUT2D eigenvalue weighted by Crippen LogP contribution is -1.99. The lowest BCUT2D eigenvalue weighted by molar-refractivity contribution is 0.576. The van der Waals surface area contributed by atoms with E-state index in [-0.39, 0.29) is 0 Å². The average molecular weight is 226 g/mol. The fourth-order valence-electron chi connectivity index (χ4n) is 2.41. The third-order valence-electron chi connectivity index (χ3n) is 3.17. The summed E-state index contributed by atoms with van der Waals surface area (Å²) in [5.41, 5.74) is 9.27. The Kier molecular flexibility index (Phi) is 2.27. The van der Waals surface area contributed by atoms with Gasteiger partial charge in [-0.25, -0.2) is 0 Å². The van der Waals surface area contributed by atoms with Gasteiger partial charge >= 0.3 is 0 Å². The standard InChI is InChI=1S/C14H14N2O/c1-16-12-6-3-2-5-10(12)11(9-15)14(16)13-7-4-8-17-13/h2-8H,9,15H2,1H3. The monoisotopic (exact) mass is 226 g/mol. The van der Waals surface area contributed by atoms with E-state index in [1.807, 2.05) is 31.3 Å². The highest BCUT2D eigenvalue weighted by atomic mass is 16.3. The number of nitrogens with two attached hydrogens (primary N) is 1. The van der Waals surface area contributed by atoms with Crippen LogP contribution in [0.15, 0.2) is 47.1 Å². The maximum atomic E-state index is 5.88. The molecule has 3 rings (SSSR count). The molecule has 3 nitrogen and oxygen atoms in total.